The highest BCUT2D eigenvalue weighted by Gasteiger charge is 2.06. The van der Waals surface area contributed by atoms with E-state index in [0.29, 0.717) is 23.8 Å². The zero-order chi connectivity index (χ0) is 15.8. The molecule has 22 heavy (non-hydrogen) atoms. The van der Waals surface area contributed by atoms with Crippen molar-refractivity contribution in [3.63, 3.8) is 0 Å². The molecule has 0 aliphatic carbocycles. The molecule has 2 rings (SSSR count). The van der Waals surface area contributed by atoms with Gasteiger partial charge in [0.15, 0.2) is 11.5 Å². The third kappa shape index (κ3) is 4.96. The molecule has 0 spiro atoms. The molecule has 6 heteroatoms. The van der Waals surface area contributed by atoms with Gasteiger partial charge in [-0.3, -0.25) is 4.79 Å². The average Bonchev–Trinajstić information content (AvgIpc) is 3.06. The van der Waals surface area contributed by atoms with Crippen LogP contribution in [0.3, 0.4) is 0 Å². The summed E-state index contributed by atoms with van der Waals surface area (Å²) in [5.41, 5.74) is 0.981. The molecule has 0 bridgehead atoms. The quantitative estimate of drug-likeness (QED) is 0.803. The van der Waals surface area contributed by atoms with Crippen LogP contribution in [0.2, 0.25) is 0 Å². The molecule has 1 amide bonds. The van der Waals surface area contributed by atoms with E-state index in [1.165, 1.54) is 4.88 Å². The Bertz CT molecular complexity index is 599. The van der Waals surface area contributed by atoms with E-state index < -0.39 is 0 Å². The van der Waals surface area contributed by atoms with Gasteiger partial charge in [-0.15, -0.1) is 23.1 Å². The van der Waals surface area contributed by atoms with E-state index in [1.807, 2.05) is 29.6 Å². The van der Waals surface area contributed by atoms with Crippen molar-refractivity contribution in [2.24, 2.45) is 0 Å². The summed E-state index contributed by atoms with van der Waals surface area (Å²) in [5, 5.41) is 4.96. The topological polar surface area (TPSA) is 47.6 Å². The number of rotatable bonds is 8. The lowest BCUT2D eigenvalue weighted by molar-refractivity contribution is -0.118. The predicted octanol–water partition coefficient (Wildman–Crippen LogP) is 3.31. The first-order chi connectivity index (χ1) is 10.7. The molecule has 0 radical (unpaired) electrons. The number of methoxy groups -OCH3 is 2. The molecule has 1 aromatic carbocycles. The molecule has 118 valence electrons. The second kappa shape index (κ2) is 8.70. The standard InChI is InChI=1S/C16H19NO3S2/c1-19-14-6-5-12(8-15(14)20-2)9-17-16(18)11-21-10-13-4-3-7-22-13/h3-8H,9-11H2,1-2H3,(H,17,18). The predicted molar refractivity (Wildman–Crippen MR) is 91.9 cm³/mol. The monoisotopic (exact) mass is 337 g/mol. The Morgan fingerprint density at radius 1 is 1.23 bits per heavy atom. The number of ether oxygens (including phenoxy) is 2. The molecular weight excluding hydrogens is 318 g/mol. The summed E-state index contributed by atoms with van der Waals surface area (Å²) in [6, 6.07) is 9.74. The Morgan fingerprint density at radius 3 is 2.73 bits per heavy atom. The molecule has 2 aromatic rings. The largest absolute Gasteiger partial charge is 0.493 e. The number of carbonyl (C=O) groups excluding carboxylic acids is 1. The lowest BCUT2D eigenvalue weighted by Gasteiger charge is -2.10. The van der Waals surface area contributed by atoms with Crippen molar-refractivity contribution in [2.45, 2.75) is 12.3 Å². The summed E-state index contributed by atoms with van der Waals surface area (Å²) in [6.07, 6.45) is 0. The minimum atomic E-state index is 0.0383. The van der Waals surface area contributed by atoms with Crippen LogP contribution in [0.25, 0.3) is 0 Å². The van der Waals surface area contributed by atoms with Gasteiger partial charge in [-0.2, -0.15) is 0 Å². The zero-order valence-corrected chi connectivity index (χ0v) is 14.3. The number of hydrogen-bond acceptors (Lipinski definition) is 5. The van der Waals surface area contributed by atoms with Gasteiger partial charge in [0, 0.05) is 17.2 Å². The van der Waals surface area contributed by atoms with Gasteiger partial charge in [0.2, 0.25) is 5.91 Å². The van der Waals surface area contributed by atoms with E-state index in [9.17, 15) is 4.79 Å². The summed E-state index contributed by atoms with van der Waals surface area (Å²) < 4.78 is 10.4. The summed E-state index contributed by atoms with van der Waals surface area (Å²) in [4.78, 5) is 13.1. The van der Waals surface area contributed by atoms with E-state index >= 15 is 0 Å². The molecule has 0 saturated heterocycles. The molecule has 0 saturated carbocycles. The third-order valence-electron chi connectivity index (χ3n) is 3.00. The highest BCUT2D eigenvalue weighted by atomic mass is 32.2. The Hall–Kier alpha value is -1.66. The van der Waals surface area contributed by atoms with Crippen LogP contribution in [0, 0.1) is 0 Å². The first-order valence-corrected chi connectivity index (χ1v) is 8.84. The molecule has 4 nitrogen and oxygen atoms in total. The van der Waals surface area contributed by atoms with Crippen molar-refractivity contribution in [2.75, 3.05) is 20.0 Å². The maximum atomic E-state index is 11.8. The number of thioether (sulfide) groups is 1. The summed E-state index contributed by atoms with van der Waals surface area (Å²) in [6.45, 7) is 0.485. The van der Waals surface area contributed by atoms with E-state index in [0.717, 1.165) is 11.3 Å². The van der Waals surface area contributed by atoms with Gasteiger partial charge in [0.25, 0.3) is 0 Å². The van der Waals surface area contributed by atoms with Gasteiger partial charge in [-0.05, 0) is 29.1 Å². The van der Waals surface area contributed by atoms with Crippen LogP contribution in [0.4, 0.5) is 0 Å². The second-order valence-corrected chi connectivity index (χ2v) is 6.56. The summed E-state index contributed by atoms with van der Waals surface area (Å²) in [5.74, 6) is 2.73. The Kier molecular flexibility index (Phi) is 6.61. The highest BCUT2D eigenvalue weighted by molar-refractivity contribution is 7.99. The first kappa shape index (κ1) is 16.7. The number of benzene rings is 1. The SMILES string of the molecule is COc1ccc(CNC(=O)CSCc2cccs2)cc1OC. The lowest BCUT2D eigenvalue weighted by Crippen LogP contribution is -2.24. The minimum Gasteiger partial charge on any atom is -0.493 e. The van der Waals surface area contributed by atoms with Crippen LogP contribution in [0.5, 0.6) is 11.5 Å². The van der Waals surface area contributed by atoms with Gasteiger partial charge < -0.3 is 14.8 Å². The zero-order valence-electron chi connectivity index (χ0n) is 12.6. The van der Waals surface area contributed by atoms with Crippen molar-refractivity contribution in [3.8, 4) is 11.5 Å². The fourth-order valence-corrected chi connectivity index (χ4v) is 3.58. The maximum Gasteiger partial charge on any atom is 0.230 e. The lowest BCUT2D eigenvalue weighted by atomic mass is 10.2. The van der Waals surface area contributed by atoms with E-state index in [4.69, 9.17) is 9.47 Å². The molecule has 1 aromatic heterocycles. The molecular formula is C16H19NO3S2. The Morgan fingerprint density at radius 2 is 2.05 bits per heavy atom. The number of thiophene rings is 1. The molecule has 0 aliphatic rings. The van der Waals surface area contributed by atoms with Gasteiger partial charge in [-0.1, -0.05) is 12.1 Å². The van der Waals surface area contributed by atoms with Crippen molar-refractivity contribution in [1.29, 1.82) is 0 Å². The molecule has 0 aliphatic heterocycles. The third-order valence-corrected chi connectivity index (χ3v) is 5.04. The fourth-order valence-electron chi connectivity index (χ4n) is 1.88. The Balaban J connectivity index is 1.76. The van der Waals surface area contributed by atoms with E-state index in [1.54, 1.807) is 37.3 Å². The van der Waals surface area contributed by atoms with Crippen LogP contribution in [0.1, 0.15) is 10.4 Å². The van der Waals surface area contributed by atoms with Crippen LogP contribution < -0.4 is 14.8 Å². The van der Waals surface area contributed by atoms with Crippen LogP contribution >= 0.6 is 23.1 Å². The normalized spacial score (nSPS) is 10.3. The van der Waals surface area contributed by atoms with E-state index in [-0.39, 0.29) is 5.91 Å². The van der Waals surface area contributed by atoms with Crippen molar-refractivity contribution in [1.82, 2.24) is 5.32 Å². The smallest absolute Gasteiger partial charge is 0.230 e. The fraction of sp³-hybridized carbons (Fsp3) is 0.312. The summed E-state index contributed by atoms with van der Waals surface area (Å²) in [7, 11) is 3.20. The van der Waals surface area contributed by atoms with Crippen molar-refractivity contribution < 1.29 is 14.3 Å². The summed E-state index contributed by atoms with van der Waals surface area (Å²) >= 11 is 3.34. The van der Waals surface area contributed by atoms with E-state index in [2.05, 4.69) is 11.4 Å². The van der Waals surface area contributed by atoms with Crippen LogP contribution in [0.15, 0.2) is 35.7 Å². The number of hydrogen-bond donors (Lipinski definition) is 1. The van der Waals surface area contributed by atoms with Gasteiger partial charge >= 0.3 is 0 Å². The second-order valence-electron chi connectivity index (χ2n) is 4.54. The van der Waals surface area contributed by atoms with Crippen molar-refractivity contribution in [3.05, 3.63) is 46.2 Å². The average molecular weight is 337 g/mol. The van der Waals surface area contributed by atoms with Crippen molar-refractivity contribution >= 4 is 29.0 Å². The van der Waals surface area contributed by atoms with Gasteiger partial charge in [0.05, 0.1) is 20.0 Å². The number of carbonyl (C=O) groups is 1. The number of amides is 1. The minimum absolute atomic E-state index is 0.0383. The molecule has 0 unspecified atom stereocenters. The van der Waals surface area contributed by atoms with Crippen LogP contribution in [-0.4, -0.2) is 25.9 Å². The molecule has 1 N–H and O–H groups in total. The maximum absolute atomic E-state index is 11.8. The Labute approximate surface area is 138 Å². The van der Waals surface area contributed by atoms with Gasteiger partial charge in [-0.25, -0.2) is 0 Å². The molecule has 0 fully saturated rings. The highest BCUT2D eigenvalue weighted by Crippen LogP contribution is 2.27. The number of nitrogens with one attached hydrogen (secondary N) is 1. The first-order valence-electron chi connectivity index (χ1n) is 6.80. The molecule has 0 atom stereocenters. The van der Waals surface area contributed by atoms with Crippen LogP contribution in [-0.2, 0) is 17.1 Å². The molecule has 1 heterocycles. The van der Waals surface area contributed by atoms with Gasteiger partial charge in [0.1, 0.15) is 0 Å².